The lowest BCUT2D eigenvalue weighted by Crippen LogP contribution is -2.50. The summed E-state index contributed by atoms with van der Waals surface area (Å²) < 4.78 is 0. The summed E-state index contributed by atoms with van der Waals surface area (Å²) >= 11 is 0. The molecule has 23 heavy (non-hydrogen) atoms. The molecule has 1 aromatic carbocycles. The van der Waals surface area contributed by atoms with E-state index in [1.165, 1.54) is 0 Å². The van der Waals surface area contributed by atoms with Gasteiger partial charge in [0.25, 0.3) is 0 Å². The lowest BCUT2D eigenvalue weighted by atomic mass is 9.84. The van der Waals surface area contributed by atoms with Crippen molar-refractivity contribution in [1.82, 2.24) is 5.32 Å². The number of benzene rings is 1. The zero-order valence-corrected chi connectivity index (χ0v) is 13.2. The number of para-hydroxylation sites is 1. The molecule has 5 heteroatoms. The molecule has 1 aromatic rings. The molecule has 1 heterocycles. The van der Waals surface area contributed by atoms with Gasteiger partial charge >= 0.3 is 0 Å². The molecular formula is C18H23N3O2. The van der Waals surface area contributed by atoms with Crippen LogP contribution in [0.5, 0.6) is 0 Å². The first-order valence-electron chi connectivity index (χ1n) is 8.57. The van der Waals surface area contributed by atoms with Gasteiger partial charge < -0.3 is 16.0 Å². The molecule has 122 valence electrons. The Kier molecular flexibility index (Phi) is 3.60. The Morgan fingerprint density at radius 3 is 2.57 bits per heavy atom. The van der Waals surface area contributed by atoms with E-state index in [-0.39, 0.29) is 23.8 Å². The van der Waals surface area contributed by atoms with Crippen LogP contribution in [0.2, 0.25) is 0 Å². The molecule has 5 unspecified atom stereocenters. The standard InChI is InChI=1S/C18H23N3O2/c19-16-12-7-6-11(10-12)15(16)17(22)20-14-8-9-21(18(14)23)13-4-2-1-3-5-13/h1-5,11-12,14-16H,6-10,19H2,(H,20,22). The normalized spacial score (nSPS) is 35.8. The van der Waals surface area contributed by atoms with E-state index in [1.807, 2.05) is 30.3 Å². The van der Waals surface area contributed by atoms with Gasteiger partial charge in [-0.1, -0.05) is 18.2 Å². The topological polar surface area (TPSA) is 75.4 Å². The van der Waals surface area contributed by atoms with Crippen LogP contribution in [-0.2, 0) is 9.59 Å². The van der Waals surface area contributed by atoms with Crippen molar-refractivity contribution in [1.29, 1.82) is 0 Å². The molecule has 2 bridgehead atoms. The highest BCUT2D eigenvalue weighted by Gasteiger charge is 2.49. The molecule has 0 aromatic heterocycles. The van der Waals surface area contributed by atoms with Crippen molar-refractivity contribution >= 4 is 17.5 Å². The van der Waals surface area contributed by atoms with Crippen LogP contribution in [-0.4, -0.2) is 30.4 Å². The fourth-order valence-electron chi connectivity index (χ4n) is 4.67. The Hall–Kier alpha value is -1.88. The summed E-state index contributed by atoms with van der Waals surface area (Å²) in [5.74, 6) is 0.777. The molecule has 4 rings (SSSR count). The predicted molar refractivity (Wildman–Crippen MR) is 87.6 cm³/mol. The summed E-state index contributed by atoms with van der Waals surface area (Å²) in [5, 5.41) is 2.98. The molecule has 3 N–H and O–H groups in total. The maximum atomic E-state index is 12.6. The fraction of sp³-hybridized carbons (Fsp3) is 0.556. The molecule has 5 atom stereocenters. The summed E-state index contributed by atoms with van der Waals surface area (Å²) in [5.41, 5.74) is 7.13. The minimum atomic E-state index is -0.408. The highest BCUT2D eigenvalue weighted by atomic mass is 16.2. The number of rotatable bonds is 3. The van der Waals surface area contributed by atoms with Gasteiger partial charge in [0.1, 0.15) is 6.04 Å². The monoisotopic (exact) mass is 313 g/mol. The van der Waals surface area contributed by atoms with E-state index >= 15 is 0 Å². The van der Waals surface area contributed by atoms with Gasteiger partial charge in [-0.05, 0) is 49.7 Å². The maximum Gasteiger partial charge on any atom is 0.249 e. The molecule has 0 spiro atoms. The lowest BCUT2D eigenvalue weighted by molar-refractivity contribution is -0.130. The average molecular weight is 313 g/mol. The van der Waals surface area contributed by atoms with Gasteiger partial charge in [-0.15, -0.1) is 0 Å². The van der Waals surface area contributed by atoms with Crippen LogP contribution in [0, 0.1) is 17.8 Å². The van der Waals surface area contributed by atoms with Crippen LogP contribution in [0.4, 0.5) is 5.69 Å². The summed E-state index contributed by atoms with van der Waals surface area (Å²) in [4.78, 5) is 27.0. The zero-order valence-electron chi connectivity index (χ0n) is 13.2. The van der Waals surface area contributed by atoms with Crippen molar-refractivity contribution in [3.8, 4) is 0 Å². The van der Waals surface area contributed by atoms with E-state index < -0.39 is 6.04 Å². The summed E-state index contributed by atoms with van der Waals surface area (Å²) in [6.45, 7) is 0.649. The zero-order chi connectivity index (χ0) is 16.0. The van der Waals surface area contributed by atoms with Crippen molar-refractivity contribution in [3.05, 3.63) is 30.3 Å². The van der Waals surface area contributed by atoms with Gasteiger partial charge in [-0.25, -0.2) is 0 Å². The summed E-state index contributed by atoms with van der Waals surface area (Å²) in [6.07, 6.45) is 3.99. The van der Waals surface area contributed by atoms with Crippen LogP contribution in [0.15, 0.2) is 30.3 Å². The van der Waals surface area contributed by atoms with E-state index in [0.717, 1.165) is 24.9 Å². The van der Waals surface area contributed by atoms with E-state index in [4.69, 9.17) is 5.73 Å². The molecule has 5 nitrogen and oxygen atoms in total. The molecule has 1 aliphatic heterocycles. The van der Waals surface area contributed by atoms with Crippen LogP contribution >= 0.6 is 0 Å². The van der Waals surface area contributed by atoms with Crippen molar-refractivity contribution in [2.24, 2.45) is 23.5 Å². The van der Waals surface area contributed by atoms with E-state index in [0.29, 0.717) is 24.8 Å². The van der Waals surface area contributed by atoms with E-state index in [1.54, 1.807) is 4.90 Å². The van der Waals surface area contributed by atoms with Crippen molar-refractivity contribution in [2.75, 3.05) is 11.4 Å². The summed E-state index contributed by atoms with van der Waals surface area (Å²) in [6, 6.07) is 9.18. The molecule has 2 aliphatic carbocycles. The number of amides is 2. The van der Waals surface area contributed by atoms with Gasteiger partial charge in [0.05, 0.1) is 5.92 Å². The minimum Gasteiger partial charge on any atom is -0.344 e. The number of nitrogens with zero attached hydrogens (tertiary/aromatic N) is 1. The first-order valence-corrected chi connectivity index (χ1v) is 8.57. The van der Waals surface area contributed by atoms with Crippen molar-refractivity contribution < 1.29 is 9.59 Å². The number of fused-ring (bicyclic) bond motifs is 2. The molecule has 2 saturated carbocycles. The second kappa shape index (κ2) is 5.64. The van der Waals surface area contributed by atoms with E-state index in [2.05, 4.69) is 5.32 Å². The predicted octanol–water partition coefficient (Wildman–Crippen LogP) is 1.28. The van der Waals surface area contributed by atoms with Crippen molar-refractivity contribution in [3.63, 3.8) is 0 Å². The second-order valence-corrected chi connectivity index (χ2v) is 7.11. The van der Waals surface area contributed by atoms with Gasteiger partial charge in [0.2, 0.25) is 11.8 Å². The Balaban J connectivity index is 1.42. The Morgan fingerprint density at radius 1 is 1.13 bits per heavy atom. The number of hydrogen-bond acceptors (Lipinski definition) is 3. The Bertz CT molecular complexity index is 616. The van der Waals surface area contributed by atoms with E-state index in [9.17, 15) is 9.59 Å². The third kappa shape index (κ3) is 2.43. The Labute approximate surface area is 136 Å². The molecule has 3 aliphatic rings. The number of carbonyl (C=O) groups excluding carboxylic acids is 2. The van der Waals surface area contributed by atoms with Crippen molar-refractivity contribution in [2.45, 2.75) is 37.8 Å². The van der Waals surface area contributed by atoms with Crippen LogP contribution in [0.3, 0.4) is 0 Å². The summed E-state index contributed by atoms with van der Waals surface area (Å²) in [7, 11) is 0. The quantitative estimate of drug-likeness (QED) is 0.883. The smallest absolute Gasteiger partial charge is 0.249 e. The first kappa shape index (κ1) is 14.7. The van der Waals surface area contributed by atoms with Crippen LogP contribution in [0.1, 0.15) is 25.7 Å². The van der Waals surface area contributed by atoms with Gasteiger partial charge in [-0.2, -0.15) is 0 Å². The minimum absolute atomic E-state index is 0.0127. The number of carbonyl (C=O) groups is 2. The molecule has 2 amide bonds. The number of anilines is 1. The van der Waals surface area contributed by atoms with Gasteiger partial charge in [0, 0.05) is 18.3 Å². The fourth-order valence-corrected chi connectivity index (χ4v) is 4.67. The number of nitrogens with two attached hydrogens (primary N) is 1. The maximum absolute atomic E-state index is 12.6. The number of hydrogen-bond donors (Lipinski definition) is 2. The third-order valence-electron chi connectivity index (χ3n) is 5.87. The van der Waals surface area contributed by atoms with Crippen LogP contribution in [0.25, 0.3) is 0 Å². The van der Waals surface area contributed by atoms with Gasteiger partial charge in [0.15, 0.2) is 0 Å². The highest BCUT2D eigenvalue weighted by Crippen LogP contribution is 2.47. The molecular weight excluding hydrogens is 290 g/mol. The highest BCUT2D eigenvalue weighted by molar-refractivity contribution is 6.01. The molecule has 1 saturated heterocycles. The Morgan fingerprint density at radius 2 is 1.87 bits per heavy atom. The lowest BCUT2D eigenvalue weighted by Gasteiger charge is -2.28. The molecule has 0 radical (unpaired) electrons. The molecule has 3 fully saturated rings. The van der Waals surface area contributed by atoms with Crippen LogP contribution < -0.4 is 16.0 Å². The SMILES string of the molecule is NC1C2CCC(C2)C1C(=O)NC1CCN(c2ccccc2)C1=O. The average Bonchev–Trinajstić information content (AvgIpc) is 3.24. The largest absolute Gasteiger partial charge is 0.344 e. The third-order valence-corrected chi connectivity index (χ3v) is 5.87. The second-order valence-electron chi connectivity index (χ2n) is 7.11. The van der Waals surface area contributed by atoms with Gasteiger partial charge in [-0.3, -0.25) is 9.59 Å². The number of nitrogens with one attached hydrogen (secondary N) is 1. The first-order chi connectivity index (χ1) is 11.1.